The van der Waals surface area contributed by atoms with Crippen LogP contribution < -0.4 is 10.1 Å². The predicted octanol–water partition coefficient (Wildman–Crippen LogP) is 5.62. The molecule has 0 aromatic heterocycles. The van der Waals surface area contributed by atoms with Gasteiger partial charge < -0.3 is 10.1 Å². The van der Waals surface area contributed by atoms with Crippen molar-refractivity contribution in [1.29, 1.82) is 0 Å². The summed E-state index contributed by atoms with van der Waals surface area (Å²) in [5, 5.41) is 2.20. The van der Waals surface area contributed by atoms with Crippen molar-refractivity contribution < 1.29 is 49.1 Å². The summed E-state index contributed by atoms with van der Waals surface area (Å²) in [6.07, 6.45) is -10.1. The van der Waals surface area contributed by atoms with Crippen LogP contribution in [0.1, 0.15) is 40.1 Å². The highest BCUT2D eigenvalue weighted by atomic mass is 79.9. The molecule has 2 rings (SSSR count). The Morgan fingerprint density at radius 2 is 1.67 bits per heavy atom. The molecule has 0 unspecified atom stereocenters. The second-order valence-corrected chi connectivity index (χ2v) is 9.54. The van der Waals surface area contributed by atoms with Gasteiger partial charge in [0.15, 0.2) is 15.6 Å². The average molecular weight is 562 g/mol. The van der Waals surface area contributed by atoms with Crippen LogP contribution in [0.5, 0.6) is 5.75 Å². The maximum absolute atomic E-state index is 13.4. The Morgan fingerprint density at radius 3 is 2.12 bits per heavy atom. The average Bonchev–Trinajstić information content (AvgIpc) is 2.66. The maximum Gasteiger partial charge on any atom is 0.573 e. The number of carbonyl (C=O) groups excluding carboxylic acids is 2. The van der Waals surface area contributed by atoms with E-state index in [2.05, 4.69) is 26.0 Å². The van der Waals surface area contributed by atoms with E-state index in [1.807, 2.05) is 0 Å². The lowest BCUT2D eigenvalue weighted by atomic mass is 9.99. The third-order valence-corrected chi connectivity index (χ3v) is 6.64. The van der Waals surface area contributed by atoms with Crippen LogP contribution in [0.15, 0.2) is 39.7 Å². The molecule has 2 aromatic carbocycles. The zero-order chi connectivity index (χ0) is 25.4. The van der Waals surface area contributed by atoms with Gasteiger partial charge in [-0.25, -0.2) is 8.42 Å². The highest BCUT2D eigenvalue weighted by Crippen LogP contribution is 2.38. The minimum atomic E-state index is -5.08. The van der Waals surface area contributed by atoms with Crippen LogP contribution in [0.2, 0.25) is 0 Å². The number of hydrogen-bond donors (Lipinski definition) is 1. The molecular formula is C19H14BrF6NO5S. The molecule has 0 saturated carbocycles. The quantitative estimate of drug-likeness (QED) is 0.365. The molecule has 180 valence electrons. The Bertz CT molecular complexity index is 1210. The molecule has 2 aromatic rings. The van der Waals surface area contributed by atoms with Crippen molar-refractivity contribution in [2.45, 2.75) is 31.3 Å². The van der Waals surface area contributed by atoms with Crippen molar-refractivity contribution in [3.05, 3.63) is 51.5 Å². The molecule has 0 radical (unpaired) electrons. The number of halogens is 7. The second-order valence-electron chi connectivity index (χ2n) is 6.47. The highest BCUT2D eigenvalue weighted by Gasteiger charge is 2.39. The van der Waals surface area contributed by atoms with E-state index < -0.39 is 67.2 Å². The first kappa shape index (κ1) is 26.6. The molecule has 1 N–H and O–H groups in total. The lowest BCUT2D eigenvalue weighted by Crippen LogP contribution is -2.23. The summed E-state index contributed by atoms with van der Waals surface area (Å²) in [7, 11) is -4.50. The zero-order valence-electron chi connectivity index (χ0n) is 16.7. The van der Waals surface area contributed by atoms with Gasteiger partial charge in [-0.3, -0.25) is 9.59 Å². The van der Waals surface area contributed by atoms with Crippen molar-refractivity contribution in [3.63, 3.8) is 0 Å². The van der Waals surface area contributed by atoms with Gasteiger partial charge in [0.25, 0.3) is 5.91 Å². The Kier molecular flexibility index (Phi) is 7.53. The van der Waals surface area contributed by atoms with E-state index in [0.717, 1.165) is 32.0 Å². The number of carbonyl (C=O) groups is 2. The summed E-state index contributed by atoms with van der Waals surface area (Å²) >= 11 is 2.92. The van der Waals surface area contributed by atoms with E-state index in [0.29, 0.717) is 12.1 Å². The van der Waals surface area contributed by atoms with E-state index in [1.165, 1.54) is 0 Å². The summed E-state index contributed by atoms with van der Waals surface area (Å²) in [4.78, 5) is 23.7. The molecule has 6 nitrogen and oxygen atoms in total. The van der Waals surface area contributed by atoms with Crippen LogP contribution in [-0.2, 0) is 16.0 Å². The Morgan fingerprint density at radius 1 is 1.06 bits per heavy atom. The molecule has 0 spiro atoms. The molecule has 0 bridgehead atoms. The highest BCUT2D eigenvalue weighted by molar-refractivity contribution is 9.10. The first-order valence-electron chi connectivity index (χ1n) is 8.82. The monoisotopic (exact) mass is 561 g/mol. The molecule has 33 heavy (non-hydrogen) atoms. The first-order valence-corrected chi connectivity index (χ1v) is 11.3. The molecule has 0 heterocycles. The standard InChI is InChI=1S/C19H14BrF6NO5S/c1-3-33(30,31)16-11(5-6-12(18(21,22)23)15(16)9(2)28)17(29)27-14-7-4-10(8-13(14)20)32-19(24,25)26/h4-8H,3H2,1-2H3,(H,27,29). The number of Topliss-reactive ketones (excluding diaryl/α,β-unsaturated/α-hetero) is 1. The molecule has 0 saturated heterocycles. The van der Waals surface area contributed by atoms with Crippen molar-refractivity contribution in [2.75, 3.05) is 11.1 Å². The minimum Gasteiger partial charge on any atom is -0.406 e. The largest absolute Gasteiger partial charge is 0.573 e. The number of hydrogen-bond acceptors (Lipinski definition) is 5. The SMILES string of the molecule is CCS(=O)(=O)c1c(C(=O)Nc2ccc(OC(F)(F)F)cc2Br)ccc(C(F)(F)F)c1C(C)=O. The Balaban J connectivity index is 2.62. The van der Waals surface area contributed by atoms with Gasteiger partial charge in [0.2, 0.25) is 0 Å². The van der Waals surface area contributed by atoms with E-state index >= 15 is 0 Å². The smallest absolute Gasteiger partial charge is 0.406 e. The number of alkyl halides is 6. The summed E-state index contributed by atoms with van der Waals surface area (Å²) in [5.41, 5.74) is -3.57. The van der Waals surface area contributed by atoms with E-state index in [4.69, 9.17) is 0 Å². The number of anilines is 1. The fraction of sp³-hybridized carbons (Fsp3) is 0.263. The Hall–Kier alpha value is -2.61. The lowest BCUT2D eigenvalue weighted by molar-refractivity contribution is -0.274. The van der Waals surface area contributed by atoms with E-state index in [1.54, 1.807) is 0 Å². The zero-order valence-corrected chi connectivity index (χ0v) is 19.1. The van der Waals surface area contributed by atoms with Crippen molar-refractivity contribution in [3.8, 4) is 5.75 Å². The second kappa shape index (κ2) is 9.33. The topological polar surface area (TPSA) is 89.5 Å². The molecule has 0 atom stereocenters. The fourth-order valence-corrected chi connectivity index (χ4v) is 4.60. The van der Waals surface area contributed by atoms with Crippen LogP contribution in [0.25, 0.3) is 0 Å². The molecule has 0 aliphatic carbocycles. The maximum atomic E-state index is 13.4. The van der Waals surface area contributed by atoms with Crippen LogP contribution in [0, 0.1) is 0 Å². The molecule has 0 fully saturated rings. The third kappa shape index (κ3) is 6.25. The molecule has 0 aliphatic rings. The van der Waals surface area contributed by atoms with Crippen molar-refractivity contribution in [2.24, 2.45) is 0 Å². The van der Waals surface area contributed by atoms with Gasteiger partial charge in [0.1, 0.15) is 5.75 Å². The molecule has 1 amide bonds. The van der Waals surface area contributed by atoms with Crippen LogP contribution in [0.3, 0.4) is 0 Å². The van der Waals surface area contributed by atoms with Crippen molar-refractivity contribution >= 4 is 43.1 Å². The molecular weight excluding hydrogens is 548 g/mol. The summed E-state index contributed by atoms with van der Waals surface area (Å²) in [6.45, 7) is 1.86. The van der Waals surface area contributed by atoms with Crippen molar-refractivity contribution in [1.82, 2.24) is 0 Å². The summed E-state index contributed by atoms with van der Waals surface area (Å²) < 4.78 is 106. The molecule has 0 aliphatic heterocycles. The van der Waals surface area contributed by atoms with Gasteiger partial charge in [0.05, 0.1) is 27.5 Å². The number of ketones is 1. The lowest BCUT2D eigenvalue weighted by Gasteiger charge is -2.18. The number of sulfone groups is 1. The summed E-state index contributed by atoms with van der Waals surface area (Å²) in [5.74, 6) is -3.76. The number of nitrogens with one attached hydrogen (secondary N) is 1. The molecule has 14 heteroatoms. The minimum absolute atomic E-state index is 0.101. The number of benzene rings is 2. The number of amides is 1. The number of rotatable bonds is 6. The predicted molar refractivity (Wildman–Crippen MR) is 108 cm³/mol. The normalized spacial score (nSPS) is 12.4. The Labute approximate surface area is 192 Å². The van der Waals surface area contributed by atoms with Gasteiger partial charge in [-0.15, -0.1) is 13.2 Å². The summed E-state index contributed by atoms with van der Waals surface area (Å²) in [6, 6.07) is 3.73. The van der Waals surface area contributed by atoms with Gasteiger partial charge in [-0.2, -0.15) is 13.2 Å². The van der Waals surface area contributed by atoms with E-state index in [9.17, 15) is 44.3 Å². The van der Waals surface area contributed by atoms with Gasteiger partial charge >= 0.3 is 12.5 Å². The van der Waals surface area contributed by atoms with Gasteiger partial charge in [-0.05, 0) is 53.2 Å². The van der Waals surface area contributed by atoms with Gasteiger partial charge in [-0.1, -0.05) is 6.92 Å². The van der Waals surface area contributed by atoms with E-state index in [-0.39, 0.29) is 10.2 Å². The third-order valence-electron chi connectivity index (χ3n) is 4.17. The van der Waals surface area contributed by atoms with Crippen LogP contribution in [0.4, 0.5) is 32.0 Å². The first-order chi connectivity index (χ1) is 15.0. The van der Waals surface area contributed by atoms with Gasteiger partial charge in [0, 0.05) is 10.0 Å². The number of ether oxygens (including phenoxy) is 1. The van der Waals surface area contributed by atoms with Crippen LogP contribution >= 0.6 is 15.9 Å². The fourth-order valence-electron chi connectivity index (χ4n) is 2.80. The van der Waals surface area contributed by atoms with Crippen LogP contribution in [-0.4, -0.2) is 32.2 Å².